The molecule has 2 atom stereocenters. The number of halogens is 2. The summed E-state index contributed by atoms with van der Waals surface area (Å²) in [4.78, 5) is 12.0. The number of carbonyl (C=O) groups excluding carboxylic acids is 1. The molecule has 0 spiro atoms. The monoisotopic (exact) mass is 304 g/mol. The van der Waals surface area contributed by atoms with Crippen molar-refractivity contribution in [3.63, 3.8) is 0 Å². The average molecular weight is 305 g/mol. The number of benzene rings is 1. The van der Waals surface area contributed by atoms with Gasteiger partial charge in [-0.2, -0.15) is 0 Å². The summed E-state index contributed by atoms with van der Waals surface area (Å²) in [5.74, 6) is 1.65. The SMILES string of the molecule is CC(NC(=O)C1CSCN1)c1ccc(Cl)cc1Cl. The third-order valence-corrected chi connectivity index (χ3v) is 4.32. The van der Waals surface area contributed by atoms with E-state index in [0.717, 1.165) is 17.2 Å². The van der Waals surface area contributed by atoms with Crippen molar-refractivity contribution < 1.29 is 4.79 Å². The molecule has 98 valence electrons. The zero-order valence-corrected chi connectivity index (χ0v) is 12.2. The van der Waals surface area contributed by atoms with Crippen molar-refractivity contribution in [3.05, 3.63) is 33.8 Å². The van der Waals surface area contributed by atoms with E-state index < -0.39 is 0 Å². The average Bonchev–Trinajstić information content (AvgIpc) is 2.81. The molecule has 3 nitrogen and oxygen atoms in total. The highest BCUT2D eigenvalue weighted by Gasteiger charge is 2.24. The van der Waals surface area contributed by atoms with Crippen molar-refractivity contribution in [2.75, 3.05) is 11.6 Å². The summed E-state index contributed by atoms with van der Waals surface area (Å²) < 4.78 is 0. The van der Waals surface area contributed by atoms with Gasteiger partial charge in [0.1, 0.15) is 0 Å². The highest BCUT2D eigenvalue weighted by Crippen LogP contribution is 2.26. The summed E-state index contributed by atoms with van der Waals surface area (Å²) in [6.07, 6.45) is 0. The maximum atomic E-state index is 12.0. The summed E-state index contributed by atoms with van der Waals surface area (Å²) in [6.45, 7) is 1.91. The van der Waals surface area contributed by atoms with Crippen LogP contribution >= 0.6 is 35.0 Å². The second-order valence-corrected chi connectivity index (χ2v) is 6.04. The Balaban J connectivity index is 2.02. The molecule has 1 fully saturated rings. The van der Waals surface area contributed by atoms with Crippen LogP contribution in [0, 0.1) is 0 Å². The van der Waals surface area contributed by atoms with Crippen molar-refractivity contribution in [2.45, 2.75) is 19.0 Å². The number of carbonyl (C=O) groups is 1. The van der Waals surface area contributed by atoms with Gasteiger partial charge in [0, 0.05) is 21.7 Å². The van der Waals surface area contributed by atoms with Gasteiger partial charge in [0.2, 0.25) is 5.91 Å². The van der Waals surface area contributed by atoms with Crippen LogP contribution in [0.2, 0.25) is 10.0 Å². The Bertz CT molecular complexity index is 450. The molecule has 1 aliphatic heterocycles. The van der Waals surface area contributed by atoms with Crippen molar-refractivity contribution in [2.24, 2.45) is 0 Å². The van der Waals surface area contributed by atoms with Crippen LogP contribution in [-0.4, -0.2) is 23.6 Å². The number of amides is 1. The maximum Gasteiger partial charge on any atom is 0.238 e. The largest absolute Gasteiger partial charge is 0.348 e. The van der Waals surface area contributed by atoms with Gasteiger partial charge in [-0.05, 0) is 24.6 Å². The zero-order valence-electron chi connectivity index (χ0n) is 9.87. The van der Waals surface area contributed by atoms with Crippen LogP contribution < -0.4 is 10.6 Å². The van der Waals surface area contributed by atoms with E-state index in [1.165, 1.54) is 0 Å². The summed E-state index contributed by atoms with van der Waals surface area (Å²) in [6, 6.07) is 5.06. The molecular formula is C12H14Cl2N2OS. The Hall–Kier alpha value is -0.420. The first kappa shape index (κ1) is 14.0. The molecule has 2 unspecified atom stereocenters. The summed E-state index contributed by atoms with van der Waals surface area (Å²) >= 11 is 13.7. The predicted molar refractivity (Wildman–Crippen MR) is 77.3 cm³/mol. The second-order valence-electron chi connectivity index (χ2n) is 4.17. The summed E-state index contributed by atoms with van der Waals surface area (Å²) in [5.41, 5.74) is 0.875. The number of nitrogens with one attached hydrogen (secondary N) is 2. The lowest BCUT2D eigenvalue weighted by molar-refractivity contribution is -0.123. The molecule has 1 aliphatic rings. The molecule has 2 rings (SSSR count). The topological polar surface area (TPSA) is 41.1 Å². The van der Waals surface area contributed by atoms with E-state index in [2.05, 4.69) is 10.6 Å². The molecule has 1 heterocycles. The molecule has 0 radical (unpaired) electrons. The number of thioether (sulfide) groups is 1. The Labute approximate surface area is 121 Å². The minimum Gasteiger partial charge on any atom is -0.348 e. The van der Waals surface area contributed by atoms with E-state index in [1.807, 2.05) is 13.0 Å². The molecule has 1 aromatic carbocycles. The Morgan fingerprint density at radius 1 is 1.56 bits per heavy atom. The molecular weight excluding hydrogens is 291 g/mol. The first-order chi connectivity index (χ1) is 8.58. The molecule has 0 saturated carbocycles. The minimum absolute atomic E-state index is 0.0125. The van der Waals surface area contributed by atoms with Gasteiger partial charge in [-0.1, -0.05) is 29.3 Å². The van der Waals surface area contributed by atoms with Gasteiger partial charge >= 0.3 is 0 Å². The van der Waals surface area contributed by atoms with Crippen LogP contribution in [-0.2, 0) is 4.79 Å². The van der Waals surface area contributed by atoms with Gasteiger partial charge in [-0.3, -0.25) is 10.1 Å². The van der Waals surface area contributed by atoms with Crippen molar-refractivity contribution in [3.8, 4) is 0 Å². The van der Waals surface area contributed by atoms with Crippen LogP contribution in [0.25, 0.3) is 0 Å². The molecule has 0 aliphatic carbocycles. The highest BCUT2D eigenvalue weighted by atomic mass is 35.5. The molecule has 2 N–H and O–H groups in total. The third kappa shape index (κ3) is 3.32. The molecule has 1 amide bonds. The maximum absolute atomic E-state index is 12.0. The normalized spacial score (nSPS) is 20.7. The van der Waals surface area contributed by atoms with E-state index in [9.17, 15) is 4.79 Å². The molecule has 18 heavy (non-hydrogen) atoms. The van der Waals surface area contributed by atoms with Crippen molar-refractivity contribution >= 4 is 40.9 Å². The summed E-state index contributed by atoms with van der Waals surface area (Å²) in [7, 11) is 0. The van der Waals surface area contributed by atoms with Gasteiger partial charge in [0.15, 0.2) is 0 Å². The fourth-order valence-electron chi connectivity index (χ4n) is 1.81. The fourth-order valence-corrected chi connectivity index (χ4v) is 3.32. The number of hydrogen-bond acceptors (Lipinski definition) is 3. The Morgan fingerprint density at radius 3 is 2.94 bits per heavy atom. The molecule has 0 aromatic heterocycles. The van der Waals surface area contributed by atoms with E-state index in [4.69, 9.17) is 23.2 Å². The second kappa shape index (κ2) is 6.15. The molecule has 1 aromatic rings. The fraction of sp³-hybridized carbons (Fsp3) is 0.417. The van der Waals surface area contributed by atoms with Gasteiger partial charge in [0.25, 0.3) is 0 Å². The summed E-state index contributed by atoms with van der Waals surface area (Å²) in [5, 5.41) is 7.26. The van der Waals surface area contributed by atoms with E-state index in [1.54, 1.807) is 23.9 Å². The first-order valence-corrected chi connectivity index (χ1v) is 7.55. The Morgan fingerprint density at radius 2 is 2.33 bits per heavy atom. The van der Waals surface area contributed by atoms with E-state index >= 15 is 0 Å². The molecule has 1 saturated heterocycles. The quantitative estimate of drug-likeness (QED) is 0.902. The first-order valence-electron chi connectivity index (χ1n) is 5.64. The number of hydrogen-bond donors (Lipinski definition) is 2. The van der Waals surface area contributed by atoms with Crippen molar-refractivity contribution in [1.29, 1.82) is 0 Å². The van der Waals surface area contributed by atoms with Crippen LogP contribution in [0.4, 0.5) is 0 Å². The van der Waals surface area contributed by atoms with Gasteiger partial charge < -0.3 is 5.32 Å². The van der Waals surface area contributed by atoms with Gasteiger partial charge in [-0.25, -0.2) is 0 Å². The predicted octanol–water partition coefficient (Wildman–Crippen LogP) is 2.83. The lowest BCUT2D eigenvalue weighted by atomic mass is 10.1. The third-order valence-electron chi connectivity index (χ3n) is 2.82. The van der Waals surface area contributed by atoms with Crippen LogP contribution in [0.5, 0.6) is 0 Å². The molecule has 6 heteroatoms. The van der Waals surface area contributed by atoms with E-state index in [0.29, 0.717) is 10.0 Å². The molecule has 0 bridgehead atoms. The lowest BCUT2D eigenvalue weighted by Crippen LogP contribution is -2.42. The van der Waals surface area contributed by atoms with Crippen LogP contribution in [0.3, 0.4) is 0 Å². The highest BCUT2D eigenvalue weighted by molar-refractivity contribution is 7.99. The minimum atomic E-state index is -0.130. The van der Waals surface area contributed by atoms with Crippen LogP contribution in [0.15, 0.2) is 18.2 Å². The standard InChI is InChI=1S/C12H14Cl2N2OS/c1-7(9-3-2-8(13)4-10(9)14)16-12(17)11-5-18-6-15-11/h2-4,7,11,15H,5-6H2,1H3,(H,16,17). The lowest BCUT2D eigenvalue weighted by Gasteiger charge is -2.18. The van der Waals surface area contributed by atoms with E-state index in [-0.39, 0.29) is 18.0 Å². The number of rotatable bonds is 3. The zero-order chi connectivity index (χ0) is 13.1. The van der Waals surface area contributed by atoms with Gasteiger partial charge in [-0.15, -0.1) is 11.8 Å². The smallest absolute Gasteiger partial charge is 0.238 e. The van der Waals surface area contributed by atoms with Gasteiger partial charge in [0.05, 0.1) is 12.1 Å². The Kier molecular flexibility index (Phi) is 4.78. The van der Waals surface area contributed by atoms with Crippen molar-refractivity contribution in [1.82, 2.24) is 10.6 Å². The van der Waals surface area contributed by atoms with Crippen LogP contribution in [0.1, 0.15) is 18.5 Å².